The van der Waals surface area contributed by atoms with E-state index in [0.717, 1.165) is 24.7 Å². The van der Waals surface area contributed by atoms with Crippen LogP contribution in [-0.4, -0.2) is 30.1 Å². The molecular formula is C14H21ClN2. The van der Waals surface area contributed by atoms with Crippen molar-refractivity contribution in [3.05, 3.63) is 34.9 Å². The molecule has 1 fully saturated rings. The number of hydrogen-bond acceptors (Lipinski definition) is 2. The van der Waals surface area contributed by atoms with Gasteiger partial charge in [-0.25, -0.2) is 0 Å². The maximum absolute atomic E-state index is 6.03. The second-order valence-corrected chi connectivity index (χ2v) is 5.49. The van der Waals surface area contributed by atoms with Crippen LogP contribution < -0.4 is 5.32 Å². The van der Waals surface area contributed by atoms with E-state index >= 15 is 0 Å². The summed E-state index contributed by atoms with van der Waals surface area (Å²) in [5.41, 5.74) is 1.30. The maximum Gasteiger partial charge on any atom is 0.0409 e. The van der Waals surface area contributed by atoms with Crippen LogP contribution in [0.25, 0.3) is 0 Å². The summed E-state index contributed by atoms with van der Waals surface area (Å²) in [6, 6.07) is 9.38. The molecule has 2 atom stereocenters. The summed E-state index contributed by atoms with van der Waals surface area (Å²) in [5.74, 6) is 0. The standard InChI is InChI=1S/C14H21ClN2/c1-11-9-17(12(2)6-7-16-11)10-13-4-3-5-14(15)8-13/h3-5,8,11-12,16H,6-7,9-10H2,1-2H3. The third-order valence-electron chi connectivity index (χ3n) is 3.46. The zero-order chi connectivity index (χ0) is 12.3. The highest BCUT2D eigenvalue weighted by atomic mass is 35.5. The number of rotatable bonds is 2. The highest BCUT2D eigenvalue weighted by molar-refractivity contribution is 6.30. The van der Waals surface area contributed by atoms with Gasteiger partial charge in [-0.05, 0) is 44.5 Å². The van der Waals surface area contributed by atoms with Gasteiger partial charge in [-0.3, -0.25) is 4.90 Å². The highest BCUT2D eigenvalue weighted by Crippen LogP contribution is 2.16. The molecule has 1 N–H and O–H groups in total. The van der Waals surface area contributed by atoms with Gasteiger partial charge in [0, 0.05) is 30.2 Å². The van der Waals surface area contributed by atoms with Gasteiger partial charge in [0.05, 0.1) is 0 Å². The Labute approximate surface area is 109 Å². The number of nitrogens with zero attached hydrogens (tertiary/aromatic N) is 1. The monoisotopic (exact) mass is 252 g/mol. The summed E-state index contributed by atoms with van der Waals surface area (Å²) < 4.78 is 0. The SMILES string of the molecule is CC1CN(Cc2cccc(Cl)c2)C(C)CCN1. The minimum absolute atomic E-state index is 0.569. The van der Waals surface area contributed by atoms with Crippen LogP contribution in [0.3, 0.4) is 0 Å². The van der Waals surface area contributed by atoms with Crippen LogP contribution in [-0.2, 0) is 6.54 Å². The molecule has 0 saturated carbocycles. The Morgan fingerprint density at radius 1 is 1.41 bits per heavy atom. The topological polar surface area (TPSA) is 15.3 Å². The van der Waals surface area contributed by atoms with E-state index in [9.17, 15) is 0 Å². The van der Waals surface area contributed by atoms with Gasteiger partial charge in [-0.1, -0.05) is 23.7 Å². The normalized spacial score (nSPS) is 26.8. The Morgan fingerprint density at radius 2 is 2.24 bits per heavy atom. The molecule has 17 heavy (non-hydrogen) atoms. The summed E-state index contributed by atoms with van der Waals surface area (Å²) in [4.78, 5) is 2.54. The summed E-state index contributed by atoms with van der Waals surface area (Å²) in [5, 5.41) is 4.36. The molecule has 1 aliphatic rings. The molecule has 2 unspecified atom stereocenters. The van der Waals surface area contributed by atoms with Gasteiger partial charge in [0.2, 0.25) is 0 Å². The lowest BCUT2D eigenvalue weighted by atomic mass is 10.1. The first-order valence-corrected chi connectivity index (χ1v) is 6.75. The number of halogens is 1. The summed E-state index contributed by atoms with van der Waals surface area (Å²) >= 11 is 6.03. The molecule has 0 bridgehead atoms. The molecule has 3 heteroatoms. The fourth-order valence-electron chi connectivity index (χ4n) is 2.41. The van der Waals surface area contributed by atoms with Crippen LogP contribution in [0.4, 0.5) is 0 Å². The van der Waals surface area contributed by atoms with Gasteiger partial charge < -0.3 is 5.32 Å². The van der Waals surface area contributed by atoms with Gasteiger partial charge in [0.15, 0.2) is 0 Å². The quantitative estimate of drug-likeness (QED) is 0.871. The summed E-state index contributed by atoms with van der Waals surface area (Å²) in [7, 11) is 0. The first-order valence-electron chi connectivity index (χ1n) is 6.37. The Hall–Kier alpha value is -0.570. The smallest absolute Gasteiger partial charge is 0.0409 e. The lowest BCUT2D eigenvalue weighted by Gasteiger charge is -2.28. The zero-order valence-corrected chi connectivity index (χ0v) is 11.4. The molecule has 1 saturated heterocycles. The molecule has 2 rings (SSSR count). The van der Waals surface area contributed by atoms with E-state index < -0.39 is 0 Å². The second kappa shape index (κ2) is 5.85. The maximum atomic E-state index is 6.03. The molecule has 1 aromatic carbocycles. The van der Waals surface area contributed by atoms with Crippen LogP contribution in [0.15, 0.2) is 24.3 Å². The lowest BCUT2D eigenvalue weighted by molar-refractivity contribution is 0.199. The van der Waals surface area contributed by atoms with Gasteiger partial charge in [0.25, 0.3) is 0 Å². The average molecular weight is 253 g/mol. The molecule has 2 nitrogen and oxygen atoms in total. The van der Waals surface area contributed by atoms with E-state index in [4.69, 9.17) is 11.6 Å². The van der Waals surface area contributed by atoms with Crippen molar-refractivity contribution in [2.75, 3.05) is 13.1 Å². The van der Waals surface area contributed by atoms with Crippen molar-refractivity contribution >= 4 is 11.6 Å². The van der Waals surface area contributed by atoms with Gasteiger partial charge >= 0.3 is 0 Å². The Balaban J connectivity index is 2.05. The molecule has 94 valence electrons. The molecule has 1 heterocycles. The molecule has 0 amide bonds. The van der Waals surface area contributed by atoms with Crippen molar-refractivity contribution < 1.29 is 0 Å². The molecular weight excluding hydrogens is 232 g/mol. The predicted molar refractivity (Wildman–Crippen MR) is 73.4 cm³/mol. The fraction of sp³-hybridized carbons (Fsp3) is 0.571. The van der Waals surface area contributed by atoms with E-state index in [2.05, 4.69) is 36.2 Å². The average Bonchev–Trinajstić information content (AvgIpc) is 2.41. The van der Waals surface area contributed by atoms with Gasteiger partial charge in [-0.2, -0.15) is 0 Å². The van der Waals surface area contributed by atoms with Crippen LogP contribution >= 0.6 is 11.6 Å². The van der Waals surface area contributed by atoms with E-state index in [1.165, 1.54) is 12.0 Å². The molecule has 0 aliphatic carbocycles. The number of hydrogen-bond donors (Lipinski definition) is 1. The van der Waals surface area contributed by atoms with Crippen LogP contribution in [0.1, 0.15) is 25.8 Å². The largest absolute Gasteiger partial charge is 0.313 e. The number of benzene rings is 1. The Morgan fingerprint density at radius 3 is 3.00 bits per heavy atom. The summed E-state index contributed by atoms with van der Waals surface area (Å²) in [6.45, 7) is 7.78. The summed E-state index contributed by atoms with van der Waals surface area (Å²) in [6.07, 6.45) is 1.21. The molecule has 1 aromatic rings. The Kier molecular flexibility index (Phi) is 4.43. The zero-order valence-electron chi connectivity index (χ0n) is 10.6. The van der Waals surface area contributed by atoms with Crippen LogP contribution in [0, 0.1) is 0 Å². The van der Waals surface area contributed by atoms with Crippen molar-refractivity contribution in [1.29, 1.82) is 0 Å². The molecule has 0 spiro atoms. The van der Waals surface area contributed by atoms with E-state index in [1.54, 1.807) is 0 Å². The molecule has 1 aliphatic heterocycles. The van der Waals surface area contributed by atoms with Crippen molar-refractivity contribution in [2.45, 2.75) is 38.9 Å². The second-order valence-electron chi connectivity index (χ2n) is 5.05. The molecule has 0 aromatic heterocycles. The first kappa shape index (κ1) is 12.9. The first-order chi connectivity index (χ1) is 8.15. The van der Waals surface area contributed by atoms with Crippen LogP contribution in [0.2, 0.25) is 5.02 Å². The van der Waals surface area contributed by atoms with Gasteiger partial charge in [0.1, 0.15) is 0 Å². The van der Waals surface area contributed by atoms with E-state index in [0.29, 0.717) is 12.1 Å². The van der Waals surface area contributed by atoms with Crippen molar-refractivity contribution in [1.82, 2.24) is 10.2 Å². The lowest BCUT2D eigenvalue weighted by Crippen LogP contribution is -2.37. The minimum atomic E-state index is 0.569. The van der Waals surface area contributed by atoms with Gasteiger partial charge in [-0.15, -0.1) is 0 Å². The third kappa shape index (κ3) is 3.70. The Bertz CT molecular complexity index is 367. The number of nitrogens with one attached hydrogen (secondary N) is 1. The van der Waals surface area contributed by atoms with E-state index in [-0.39, 0.29) is 0 Å². The molecule has 0 radical (unpaired) electrons. The van der Waals surface area contributed by atoms with Crippen molar-refractivity contribution in [3.8, 4) is 0 Å². The van der Waals surface area contributed by atoms with Crippen LogP contribution in [0.5, 0.6) is 0 Å². The fourth-order valence-corrected chi connectivity index (χ4v) is 2.62. The van der Waals surface area contributed by atoms with Crippen molar-refractivity contribution in [3.63, 3.8) is 0 Å². The predicted octanol–water partition coefficient (Wildman–Crippen LogP) is 2.91. The highest BCUT2D eigenvalue weighted by Gasteiger charge is 2.20. The van der Waals surface area contributed by atoms with Crippen molar-refractivity contribution in [2.24, 2.45) is 0 Å². The third-order valence-corrected chi connectivity index (χ3v) is 3.70. The van der Waals surface area contributed by atoms with E-state index in [1.807, 2.05) is 12.1 Å². The minimum Gasteiger partial charge on any atom is -0.313 e.